The second kappa shape index (κ2) is 11.8. The molecule has 0 bridgehead atoms. The van der Waals surface area contributed by atoms with Gasteiger partial charge in [-0.25, -0.2) is 0 Å². The van der Waals surface area contributed by atoms with E-state index in [4.69, 9.17) is 9.47 Å². The van der Waals surface area contributed by atoms with Gasteiger partial charge in [0.2, 0.25) is 0 Å². The molecule has 4 N–H and O–H groups in total. The van der Waals surface area contributed by atoms with E-state index in [0.29, 0.717) is 42.0 Å². The molecule has 1 amide bonds. The summed E-state index contributed by atoms with van der Waals surface area (Å²) in [6, 6.07) is 6.36. The lowest BCUT2D eigenvalue weighted by atomic mass is 9.57. The van der Waals surface area contributed by atoms with E-state index in [9.17, 15) is 20.1 Å². The minimum absolute atomic E-state index is 0.0771. The number of nitrogens with one attached hydrogen (secondary N) is 1. The molecule has 0 saturated heterocycles. The van der Waals surface area contributed by atoms with Crippen LogP contribution in [0.1, 0.15) is 88.7 Å². The summed E-state index contributed by atoms with van der Waals surface area (Å²) < 4.78 is 12.2. The number of aromatic hydroxyl groups is 2. The maximum atomic E-state index is 13.2. The van der Waals surface area contributed by atoms with Crippen LogP contribution in [0.25, 0.3) is 0 Å². The fraction of sp³-hybridized carbons (Fsp3) is 0.500. The summed E-state index contributed by atoms with van der Waals surface area (Å²) in [5.74, 6) is 0.546. The molecule has 1 saturated carbocycles. The number of ether oxygens (including phenoxy) is 2. The number of amides is 1. The van der Waals surface area contributed by atoms with Crippen molar-refractivity contribution in [3.63, 3.8) is 0 Å². The fourth-order valence-corrected chi connectivity index (χ4v) is 6.35. The number of hydrogen-bond donors (Lipinski definition) is 4. The molecular formula is C34H45NO6. The number of aliphatic hydroxyl groups excluding tert-OH is 1. The topological polar surface area (TPSA) is 108 Å². The Morgan fingerprint density at radius 2 is 1.78 bits per heavy atom. The SMILES string of the molecule is COc1cc(NC(=O)c2cc(O)c(C/C=C(\C)CCC=C(C)C)c(O)c2)cc2c1O[C@]1(C)CC[C@@H](O)C(C)(C)[C@H]1C2. The van der Waals surface area contributed by atoms with Gasteiger partial charge in [0.15, 0.2) is 11.5 Å². The highest BCUT2D eigenvalue weighted by Crippen LogP contribution is 2.55. The van der Waals surface area contributed by atoms with E-state index in [1.54, 1.807) is 13.2 Å². The van der Waals surface area contributed by atoms with E-state index in [2.05, 4.69) is 46.0 Å². The minimum Gasteiger partial charge on any atom is -0.507 e. The van der Waals surface area contributed by atoms with Crippen molar-refractivity contribution in [1.29, 1.82) is 0 Å². The number of rotatable bonds is 8. The summed E-state index contributed by atoms with van der Waals surface area (Å²) >= 11 is 0. The molecule has 222 valence electrons. The molecule has 7 nitrogen and oxygen atoms in total. The molecule has 2 aromatic carbocycles. The van der Waals surface area contributed by atoms with Crippen LogP contribution in [-0.4, -0.2) is 40.0 Å². The molecule has 1 aliphatic carbocycles. The van der Waals surface area contributed by atoms with Gasteiger partial charge in [0.05, 0.1) is 13.2 Å². The quantitative estimate of drug-likeness (QED) is 0.256. The lowest BCUT2D eigenvalue weighted by molar-refractivity contribution is -0.138. The summed E-state index contributed by atoms with van der Waals surface area (Å²) in [5, 5.41) is 34.9. The van der Waals surface area contributed by atoms with Crippen LogP contribution in [0.4, 0.5) is 5.69 Å². The van der Waals surface area contributed by atoms with Gasteiger partial charge in [-0.3, -0.25) is 4.79 Å². The van der Waals surface area contributed by atoms with E-state index < -0.39 is 17.6 Å². The number of methoxy groups -OCH3 is 1. The molecule has 0 spiro atoms. The number of carbonyl (C=O) groups is 1. The number of anilines is 1. The van der Waals surface area contributed by atoms with E-state index in [1.807, 2.05) is 19.1 Å². The molecule has 3 atom stereocenters. The average molecular weight is 564 g/mol. The number of carbonyl (C=O) groups excluding carboxylic acids is 1. The second-order valence-corrected chi connectivity index (χ2v) is 12.7. The second-order valence-electron chi connectivity index (χ2n) is 12.7. The van der Waals surface area contributed by atoms with Gasteiger partial charge in [0, 0.05) is 34.4 Å². The molecular weight excluding hydrogens is 518 g/mol. The summed E-state index contributed by atoms with van der Waals surface area (Å²) in [7, 11) is 1.57. The van der Waals surface area contributed by atoms with Gasteiger partial charge in [-0.1, -0.05) is 37.1 Å². The van der Waals surface area contributed by atoms with Crippen molar-refractivity contribution in [1.82, 2.24) is 0 Å². The molecule has 2 aliphatic rings. The number of phenolic OH excluding ortho intramolecular Hbond substituents is 2. The van der Waals surface area contributed by atoms with Gasteiger partial charge in [-0.15, -0.1) is 0 Å². The Balaban J connectivity index is 1.53. The Labute approximate surface area is 243 Å². The predicted octanol–water partition coefficient (Wildman–Crippen LogP) is 7.08. The van der Waals surface area contributed by atoms with Crippen molar-refractivity contribution >= 4 is 11.6 Å². The van der Waals surface area contributed by atoms with Crippen LogP contribution in [-0.2, 0) is 12.8 Å². The van der Waals surface area contributed by atoms with Crippen LogP contribution < -0.4 is 14.8 Å². The lowest BCUT2D eigenvalue weighted by Gasteiger charge is -2.55. The number of fused-ring (bicyclic) bond motifs is 2. The van der Waals surface area contributed by atoms with Crippen molar-refractivity contribution in [2.75, 3.05) is 12.4 Å². The van der Waals surface area contributed by atoms with E-state index in [0.717, 1.165) is 24.8 Å². The van der Waals surface area contributed by atoms with Gasteiger partial charge in [-0.05, 0) is 89.8 Å². The highest BCUT2D eigenvalue weighted by atomic mass is 16.5. The van der Waals surface area contributed by atoms with Gasteiger partial charge >= 0.3 is 0 Å². The molecule has 2 aromatic rings. The standard InChI is InChI=1S/C34H45NO6/c1-20(2)9-8-10-21(3)11-12-25-26(36)16-23(17-27(25)37)32(39)35-24-15-22-18-29-33(4,5)30(38)13-14-34(29,6)41-31(22)28(19-24)40-7/h9,11,15-17,19,29-30,36-38H,8,10,12-14,18H2,1-7H3,(H,35,39)/b21-11+/t29-,30-,34-/m1/s1. The summed E-state index contributed by atoms with van der Waals surface area (Å²) in [4.78, 5) is 13.2. The van der Waals surface area contributed by atoms with Crippen molar-refractivity contribution < 1.29 is 29.6 Å². The van der Waals surface area contributed by atoms with Crippen LogP contribution in [0.5, 0.6) is 23.0 Å². The first-order chi connectivity index (χ1) is 19.2. The molecule has 0 radical (unpaired) electrons. The van der Waals surface area contributed by atoms with Gasteiger partial charge in [0.1, 0.15) is 17.1 Å². The van der Waals surface area contributed by atoms with Gasteiger partial charge in [0.25, 0.3) is 5.91 Å². The zero-order chi connectivity index (χ0) is 30.1. The van der Waals surface area contributed by atoms with E-state index in [-0.39, 0.29) is 28.4 Å². The maximum absolute atomic E-state index is 13.2. The highest BCUT2D eigenvalue weighted by Gasteiger charge is 2.54. The molecule has 1 fully saturated rings. The molecule has 41 heavy (non-hydrogen) atoms. The first-order valence-corrected chi connectivity index (χ1v) is 14.5. The zero-order valence-electron chi connectivity index (χ0n) is 25.4. The summed E-state index contributed by atoms with van der Waals surface area (Å²) in [6.45, 7) is 12.4. The number of aliphatic hydroxyl groups is 1. The summed E-state index contributed by atoms with van der Waals surface area (Å²) in [6.07, 6.45) is 8.08. The van der Waals surface area contributed by atoms with Crippen LogP contribution >= 0.6 is 0 Å². The largest absolute Gasteiger partial charge is 0.507 e. The van der Waals surface area contributed by atoms with Crippen molar-refractivity contribution in [2.45, 2.75) is 91.8 Å². The first-order valence-electron chi connectivity index (χ1n) is 14.5. The van der Waals surface area contributed by atoms with E-state index in [1.165, 1.54) is 23.3 Å². The number of phenols is 2. The molecule has 4 rings (SSSR count). The normalized spacial score (nSPS) is 23.1. The first kappa shape index (κ1) is 30.5. The minimum atomic E-state index is -0.465. The smallest absolute Gasteiger partial charge is 0.255 e. The summed E-state index contributed by atoms with van der Waals surface area (Å²) in [5.41, 5.74) is 3.63. The Bertz CT molecular complexity index is 1350. The number of allylic oxidation sites excluding steroid dienone is 4. The van der Waals surface area contributed by atoms with Crippen LogP contribution in [0.2, 0.25) is 0 Å². The fourth-order valence-electron chi connectivity index (χ4n) is 6.35. The van der Waals surface area contributed by atoms with Crippen LogP contribution in [0.15, 0.2) is 47.6 Å². The van der Waals surface area contributed by atoms with E-state index >= 15 is 0 Å². The van der Waals surface area contributed by atoms with Crippen molar-refractivity contribution in [2.24, 2.45) is 11.3 Å². The molecule has 0 unspecified atom stereocenters. The Hall–Kier alpha value is -3.45. The highest BCUT2D eigenvalue weighted by molar-refractivity contribution is 6.05. The maximum Gasteiger partial charge on any atom is 0.255 e. The van der Waals surface area contributed by atoms with Crippen molar-refractivity contribution in [3.8, 4) is 23.0 Å². The Morgan fingerprint density at radius 1 is 1.10 bits per heavy atom. The predicted molar refractivity (Wildman–Crippen MR) is 162 cm³/mol. The van der Waals surface area contributed by atoms with Crippen LogP contribution in [0, 0.1) is 11.3 Å². The van der Waals surface area contributed by atoms with Gasteiger partial charge < -0.3 is 30.1 Å². The number of hydrogen-bond acceptors (Lipinski definition) is 6. The van der Waals surface area contributed by atoms with Crippen molar-refractivity contribution in [3.05, 3.63) is 64.3 Å². The molecule has 1 aliphatic heterocycles. The monoisotopic (exact) mass is 563 g/mol. The van der Waals surface area contributed by atoms with Crippen LogP contribution in [0.3, 0.4) is 0 Å². The molecule has 7 heteroatoms. The Morgan fingerprint density at radius 3 is 2.41 bits per heavy atom. The third-order valence-corrected chi connectivity index (χ3v) is 8.99. The van der Waals surface area contributed by atoms with Gasteiger partial charge in [-0.2, -0.15) is 0 Å². The third kappa shape index (κ3) is 6.40. The average Bonchev–Trinajstić information content (AvgIpc) is 2.89. The lowest BCUT2D eigenvalue weighted by Crippen LogP contribution is -2.58. The third-order valence-electron chi connectivity index (χ3n) is 8.99. The number of benzene rings is 2. The zero-order valence-corrected chi connectivity index (χ0v) is 25.4. The Kier molecular flexibility index (Phi) is 8.78. The molecule has 0 aromatic heterocycles. The molecule has 1 heterocycles.